The highest BCUT2D eigenvalue weighted by atomic mass is 16.3. The zero-order valence-corrected chi connectivity index (χ0v) is 15.6. The van der Waals surface area contributed by atoms with Gasteiger partial charge >= 0.3 is 0 Å². The van der Waals surface area contributed by atoms with Crippen molar-refractivity contribution in [2.45, 2.75) is 37.5 Å². The molecule has 1 saturated carbocycles. The van der Waals surface area contributed by atoms with Crippen LogP contribution in [0.3, 0.4) is 0 Å². The second-order valence-corrected chi connectivity index (χ2v) is 8.24. The zero-order valence-electron chi connectivity index (χ0n) is 15.6. The molecule has 27 heavy (non-hydrogen) atoms. The Balaban J connectivity index is 1.82. The molecule has 6 rings (SSSR count). The van der Waals surface area contributed by atoms with Crippen LogP contribution < -0.4 is 0 Å². The summed E-state index contributed by atoms with van der Waals surface area (Å²) < 4.78 is 2.28. The van der Waals surface area contributed by atoms with Crippen molar-refractivity contribution in [2.75, 3.05) is 0 Å². The van der Waals surface area contributed by atoms with Crippen molar-refractivity contribution >= 4 is 21.8 Å². The van der Waals surface area contributed by atoms with Crippen LogP contribution in [0.5, 0.6) is 5.75 Å². The van der Waals surface area contributed by atoms with E-state index in [9.17, 15) is 5.11 Å². The molecule has 0 bridgehead atoms. The van der Waals surface area contributed by atoms with E-state index in [4.69, 9.17) is 0 Å². The second-order valence-electron chi connectivity index (χ2n) is 8.24. The van der Waals surface area contributed by atoms with Crippen molar-refractivity contribution in [3.8, 4) is 16.9 Å². The quantitative estimate of drug-likeness (QED) is 0.385. The van der Waals surface area contributed by atoms with Gasteiger partial charge in [0.25, 0.3) is 0 Å². The van der Waals surface area contributed by atoms with Gasteiger partial charge in [0.15, 0.2) is 0 Å². The Labute approximate surface area is 159 Å². The number of aryl methyl sites for hydroxylation is 1. The van der Waals surface area contributed by atoms with Gasteiger partial charge < -0.3 is 9.67 Å². The predicted molar refractivity (Wildman–Crippen MR) is 111 cm³/mol. The van der Waals surface area contributed by atoms with Crippen LogP contribution in [0.4, 0.5) is 0 Å². The minimum Gasteiger partial charge on any atom is -0.507 e. The molecule has 2 aliphatic rings. The maximum atomic E-state index is 11.1. The number of hydrogen-bond acceptors (Lipinski definition) is 1. The summed E-state index contributed by atoms with van der Waals surface area (Å²) in [4.78, 5) is 0. The Morgan fingerprint density at radius 3 is 2.44 bits per heavy atom. The minimum absolute atomic E-state index is 0.434. The van der Waals surface area contributed by atoms with Gasteiger partial charge in [0.2, 0.25) is 0 Å². The van der Waals surface area contributed by atoms with Gasteiger partial charge in [-0.1, -0.05) is 55.3 Å². The van der Waals surface area contributed by atoms with E-state index >= 15 is 0 Å². The fraction of sp³-hybridized carbons (Fsp3) is 0.280. The van der Waals surface area contributed by atoms with Crippen LogP contribution in [0.1, 0.15) is 48.6 Å². The van der Waals surface area contributed by atoms with Gasteiger partial charge in [-0.15, -0.1) is 0 Å². The molecule has 0 spiro atoms. The van der Waals surface area contributed by atoms with Gasteiger partial charge in [-0.25, -0.2) is 0 Å². The maximum absolute atomic E-state index is 11.1. The van der Waals surface area contributed by atoms with Crippen molar-refractivity contribution < 1.29 is 5.11 Å². The van der Waals surface area contributed by atoms with Crippen LogP contribution in [0.2, 0.25) is 0 Å². The summed E-state index contributed by atoms with van der Waals surface area (Å²) in [6.07, 6.45) is 5.08. The topological polar surface area (TPSA) is 25.2 Å². The summed E-state index contributed by atoms with van der Waals surface area (Å²) in [6, 6.07) is 19.5. The summed E-state index contributed by atoms with van der Waals surface area (Å²) in [5.41, 5.74) is 7.94. The second kappa shape index (κ2) is 5.39. The van der Waals surface area contributed by atoms with E-state index in [0.717, 1.165) is 10.8 Å². The molecular weight excluding hydrogens is 330 g/mol. The first-order valence-electron chi connectivity index (χ1n) is 10.1. The van der Waals surface area contributed by atoms with E-state index in [1.807, 2.05) is 0 Å². The number of aromatic nitrogens is 1. The molecule has 4 aromatic rings. The molecule has 1 aromatic heterocycles. The van der Waals surface area contributed by atoms with E-state index in [0.29, 0.717) is 17.6 Å². The lowest BCUT2D eigenvalue weighted by Gasteiger charge is -2.39. The Bertz CT molecular complexity index is 1220. The van der Waals surface area contributed by atoms with Crippen LogP contribution in [0.25, 0.3) is 32.9 Å². The van der Waals surface area contributed by atoms with Crippen LogP contribution in [-0.4, -0.2) is 9.67 Å². The van der Waals surface area contributed by atoms with Crippen LogP contribution in [0, 0.1) is 0 Å². The Hall–Kier alpha value is -2.74. The van der Waals surface area contributed by atoms with E-state index in [2.05, 4.69) is 66.2 Å². The fourth-order valence-electron chi connectivity index (χ4n) is 5.87. The van der Waals surface area contributed by atoms with Gasteiger partial charge in [0.05, 0.1) is 5.52 Å². The van der Waals surface area contributed by atoms with Crippen molar-refractivity contribution in [3.63, 3.8) is 0 Å². The summed E-state index contributed by atoms with van der Waals surface area (Å²) in [7, 11) is 2.14. The zero-order chi connectivity index (χ0) is 18.1. The first-order chi connectivity index (χ1) is 13.3. The van der Waals surface area contributed by atoms with E-state index < -0.39 is 0 Å². The lowest BCUT2D eigenvalue weighted by Crippen LogP contribution is -2.21. The molecular formula is C25H23NO. The monoisotopic (exact) mass is 353 g/mol. The molecule has 0 radical (unpaired) electrons. The Kier molecular flexibility index (Phi) is 3.06. The average Bonchev–Trinajstić information content (AvgIpc) is 3.02. The first kappa shape index (κ1) is 15.3. The van der Waals surface area contributed by atoms with Gasteiger partial charge in [-0.2, -0.15) is 0 Å². The number of phenols is 1. The van der Waals surface area contributed by atoms with Crippen molar-refractivity contribution in [3.05, 3.63) is 65.7 Å². The molecule has 2 heteroatoms. The fourth-order valence-corrected chi connectivity index (χ4v) is 5.87. The Morgan fingerprint density at radius 2 is 1.59 bits per heavy atom. The van der Waals surface area contributed by atoms with Gasteiger partial charge in [0.1, 0.15) is 5.75 Å². The highest BCUT2D eigenvalue weighted by Gasteiger charge is 2.37. The molecule has 134 valence electrons. The van der Waals surface area contributed by atoms with Gasteiger partial charge in [-0.05, 0) is 53.5 Å². The highest BCUT2D eigenvalue weighted by Crippen LogP contribution is 2.56. The van der Waals surface area contributed by atoms with Gasteiger partial charge in [-0.3, -0.25) is 0 Å². The maximum Gasteiger partial charge on any atom is 0.125 e. The Morgan fingerprint density at radius 1 is 0.889 bits per heavy atom. The normalized spacial score (nSPS) is 21.1. The summed E-state index contributed by atoms with van der Waals surface area (Å²) in [6.45, 7) is 0. The standard InChI is InChI=1S/C25H23NO/c1-26-21-13-7-6-12-19(21)24-22(27)14-20-17-10-3-2-8-15(17)16-9-4-5-11-18(16)23(20)25(24)26/h4-7,9,11-15,17,27H,2-3,8,10H2,1H3. The molecule has 0 amide bonds. The number of rotatable bonds is 0. The summed E-state index contributed by atoms with van der Waals surface area (Å²) >= 11 is 0. The molecule has 0 saturated heterocycles. The minimum atomic E-state index is 0.434. The average molecular weight is 353 g/mol. The number of fused-ring (bicyclic) bond motifs is 10. The summed E-state index contributed by atoms with van der Waals surface area (Å²) in [5, 5.41) is 13.2. The number of nitrogens with zero attached hydrogens (tertiary/aromatic N) is 1. The predicted octanol–water partition coefficient (Wildman–Crippen LogP) is 6.46. The highest BCUT2D eigenvalue weighted by molar-refractivity contribution is 6.16. The molecule has 3 aromatic carbocycles. The smallest absolute Gasteiger partial charge is 0.125 e. The molecule has 0 aliphatic heterocycles. The van der Waals surface area contributed by atoms with Crippen molar-refractivity contribution in [1.82, 2.24) is 4.57 Å². The van der Waals surface area contributed by atoms with E-state index in [-0.39, 0.29) is 0 Å². The molecule has 1 N–H and O–H groups in total. The third-order valence-corrected chi connectivity index (χ3v) is 6.98. The molecule has 2 unspecified atom stereocenters. The molecule has 1 fully saturated rings. The molecule has 1 heterocycles. The number of benzene rings is 3. The number of para-hydroxylation sites is 1. The van der Waals surface area contributed by atoms with Crippen LogP contribution in [0.15, 0.2) is 54.6 Å². The third-order valence-electron chi connectivity index (χ3n) is 6.98. The lowest BCUT2D eigenvalue weighted by atomic mass is 9.65. The van der Waals surface area contributed by atoms with Gasteiger partial charge in [0, 0.05) is 28.9 Å². The van der Waals surface area contributed by atoms with E-state index in [1.54, 1.807) is 0 Å². The summed E-state index contributed by atoms with van der Waals surface area (Å²) in [5.74, 6) is 1.55. The van der Waals surface area contributed by atoms with Crippen LogP contribution in [-0.2, 0) is 7.05 Å². The molecule has 2 atom stereocenters. The van der Waals surface area contributed by atoms with Crippen molar-refractivity contribution in [2.24, 2.45) is 7.05 Å². The van der Waals surface area contributed by atoms with E-state index in [1.165, 1.54) is 59.0 Å². The first-order valence-corrected chi connectivity index (χ1v) is 10.1. The number of hydrogen-bond donors (Lipinski definition) is 1. The number of aromatic hydroxyl groups is 1. The van der Waals surface area contributed by atoms with Crippen molar-refractivity contribution in [1.29, 1.82) is 0 Å². The van der Waals surface area contributed by atoms with Crippen LogP contribution >= 0.6 is 0 Å². The third kappa shape index (κ3) is 1.91. The molecule has 2 nitrogen and oxygen atoms in total. The number of phenolic OH excluding ortho intramolecular Hbond substituents is 1. The largest absolute Gasteiger partial charge is 0.507 e. The SMILES string of the molecule is Cn1c2ccccc2c2c(O)cc3c(c21)-c1ccccc1C1CCCCC31. The molecule has 2 aliphatic carbocycles. The lowest BCUT2D eigenvalue weighted by molar-refractivity contribution is 0.382.